The summed E-state index contributed by atoms with van der Waals surface area (Å²) < 4.78 is 0. The van der Waals surface area contributed by atoms with Crippen molar-refractivity contribution in [3.63, 3.8) is 0 Å². The number of halogens is 1. The minimum absolute atomic E-state index is 0.170. The van der Waals surface area contributed by atoms with Gasteiger partial charge in [-0.1, -0.05) is 34.1 Å². The van der Waals surface area contributed by atoms with E-state index < -0.39 is 0 Å². The Morgan fingerprint density at radius 3 is 2.14 bits per heavy atom. The molecule has 0 bridgehead atoms. The highest BCUT2D eigenvalue weighted by atomic mass is 35.5. The standard InChI is InChI=1S/C12H26ClN/c1-5-8-11(4)9-14-12(6-2,7-3)10-13/h11,14H,5-10H2,1-4H3. The van der Waals surface area contributed by atoms with Crippen molar-refractivity contribution in [1.82, 2.24) is 5.32 Å². The molecule has 0 amide bonds. The average Bonchev–Trinajstić information content (AvgIpc) is 2.21. The topological polar surface area (TPSA) is 12.0 Å². The van der Waals surface area contributed by atoms with Crippen LogP contribution in [0.3, 0.4) is 0 Å². The maximum absolute atomic E-state index is 6.02. The smallest absolute Gasteiger partial charge is 0.0405 e. The van der Waals surface area contributed by atoms with Crippen LogP contribution in [-0.4, -0.2) is 18.0 Å². The Balaban J connectivity index is 3.92. The normalized spacial score (nSPS) is 14.4. The van der Waals surface area contributed by atoms with Crippen molar-refractivity contribution in [3.05, 3.63) is 0 Å². The van der Waals surface area contributed by atoms with E-state index >= 15 is 0 Å². The molecular weight excluding hydrogens is 194 g/mol. The Morgan fingerprint density at radius 2 is 1.79 bits per heavy atom. The molecule has 0 aromatic rings. The van der Waals surface area contributed by atoms with Crippen molar-refractivity contribution in [2.75, 3.05) is 12.4 Å². The van der Waals surface area contributed by atoms with Gasteiger partial charge in [0.2, 0.25) is 0 Å². The number of rotatable bonds is 8. The summed E-state index contributed by atoms with van der Waals surface area (Å²) in [5.41, 5.74) is 0.170. The molecule has 0 rings (SSSR count). The van der Waals surface area contributed by atoms with Crippen molar-refractivity contribution in [1.29, 1.82) is 0 Å². The lowest BCUT2D eigenvalue weighted by molar-refractivity contribution is 0.308. The first kappa shape index (κ1) is 14.2. The van der Waals surface area contributed by atoms with Gasteiger partial charge in [0.25, 0.3) is 0 Å². The van der Waals surface area contributed by atoms with Gasteiger partial charge in [-0.05, 0) is 31.7 Å². The Morgan fingerprint density at radius 1 is 1.21 bits per heavy atom. The van der Waals surface area contributed by atoms with Crippen LogP contribution in [0.25, 0.3) is 0 Å². The Bertz CT molecular complexity index is 124. The molecule has 0 aromatic carbocycles. The van der Waals surface area contributed by atoms with Gasteiger partial charge >= 0.3 is 0 Å². The summed E-state index contributed by atoms with van der Waals surface area (Å²) in [6.07, 6.45) is 4.81. The molecule has 14 heavy (non-hydrogen) atoms. The third-order valence-electron chi connectivity index (χ3n) is 3.22. The van der Waals surface area contributed by atoms with Crippen LogP contribution in [0.15, 0.2) is 0 Å². The lowest BCUT2D eigenvalue weighted by Crippen LogP contribution is -2.47. The number of alkyl halides is 1. The molecule has 0 aliphatic carbocycles. The number of hydrogen-bond donors (Lipinski definition) is 1. The van der Waals surface area contributed by atoms with E-state index in [9.17, 15) is 0 Å². The average molecular weight is 220 g/mol. The SMILES string of the molecule is CCCC(C)CNC(CC)(CC)CCl. The van der Waals surface area contributed by atoms with Crippen LogP contribution < -0.4 is 5.32 Å². The fourth-order valence-electron chi connectivity index (χ4n) is 1.72. The summed E-state index contributed by atoms with van der Waals surface area (Å²) in [4.78, 5) is 0. The van der Waals surface area contributed by atoms with Gasteiger partial charge in [-0.2, -0.15) is 0 Å². The van der Waals surface area contributed by atoms with E-state index in [4.69, 9.17) is 11.6 Å². The van der Waals surface area contributed by atoms with Crippen LogP contribution in [0.5, 0.6) is 0 Å². The summed E-state index contributed by atoms with van der Waals surface area (Å²) in [7, 11) is 0. The van der Waals surface area contributed by atoms with Gasteiger partial charge in [0.15, 0.2) is 0 Å². The largest absolute Gasteiger partial charge is 0.310 e. The fourth-order valence-corrected chi connectivity index (χ4v) is 2.19. The van der Waals surface area contributed by atoms with Gasteiger partial charge in [0, 0.05) is 11.4 Å². The summed E-state index contributed by atoms with van der Waals surface area (Å²) in [5.74, 6) is 1.49. The minimum Gasteiger partial charge on any atom is -0.310 e. The summed E-state index contributed by atoms with van der Waals surface area (Å²) in [6, 6.07) is 0. The van der Waals surface area contributed by atoms with Gasteiger partial charge < -0.3 is 5.32 Å². The molecule has 1 nitrogen and oxygen atoms in total. The zero-order valence-electron chi connectivity index (χ0n) is 10.2. The first-order valence-corrected chi connectivity index (χ1v) is 6.48. The predicted molar refractivity (Wildman–Crippen MR) is 66.1 cm³/mol. The van der Waals surface area contributed by atoms with Crippen molar-refractivity contribution < 1.29 is 0 Å². The predicted octanol–water partition coefficient (Wildman–Crippen LogP) is 3.81. The van der Waals surface area contributed by atoms with E-state index in [1.54, 1.807) is 0 Å². The van der Waals surface area contributed by atoms with Gasteiger partial charge in [0.05, 0.1) is 0 Å². The lowest BCUT2D eigenvalue weighted by atomic mass is 9.94. The van der Waals surface area contributed by atoms with Gasteiger partial charge in [-0.15, -0.1) is 11.6 Å². The molecule has 86 valence electrons. The number of nitrogens with one attached hydrogen (secondary N) is 1. The van der Waals surface area contributed by atoms with Crippen molar-refractivity contribution >= 4 is 11.6 Å². The second-order valence-corrected chi connectivity index (χ2v) is 4.66. The van der Waals surface area contributed by atoms with Crippen LogP contribution in [-0.2, 0) is 0 Å². The van der Waals surface area contributed by atoms with Crippen molar-refractivity contribution in [2.45, 2.75) is 58.9 Å². The molecule has 0 spiro atoms. The third-order valence-corrected chi connectivity index (χ3v) is 3.73. The van der Waals surface area contributed by atoms with Crippen LogP contribution in [0.1, 0.15) is 53.4 Å². The summed E-state index contributed by atoms with van der Waals surface area (Å²) in [5, 5.41) is 3.63. The molecular formula is C12H26ClN. The molecule has 0 fully saturated rings. The molecule has 2 heteroatoms. The maximum Gasteiger partial charge on any atom is 0.0405 e. The Kier molecular flexibility index (Phi) is 7.66. The van der Waals surface area contributed by atoms with Crippen LogP contribution in [0.4, 0.5) is 0 Å². The first-order chi connectivity index (χ1) is 6.64. The molecule has 0 aromatic heterocycles. The molecule has 0 saturated carbocycles. The number of hydrogen-bond acceptors (Lipinski definition) is 1. The van der Waals surface area contributed by atoms with Crippen LogP contribution in [0, 0.1) is 5.92 Å². The van der Waals surface area contributed by atoms with E-state index in [1.807, 2.05) is 0 Å². The highest BCUT2D eigenvalue weighted by Crippen LogP contribution is 2.17. The molecule has 1 unspecified atom stereocenters. The van der Waals surface area contributed by atoms with Crippen LogP contribution >= 0.6 is 11.6 Å². The fraction of sp³-hybridized carbons (Fsp3) is 1.00. The minimum atomic E-state index is 0.170. The Labute approximate surface area is 94.6 Å². The zero-order chi connectivity index (χ0) is 11.0. The second kappa shape index (κ2) is 7.53. The van der Waals surface area contributed by atoms with E-state index in [2.05, 4.69) is 33.0 Å². The molecule has 1 N–H and O–H groups in total. The van der Waals surface area contributed by atoms with E-state index in [-0.39, 0.29) is 5.54 Å². The maximum atomic E-state index is 6.02. The molecule has 1 atom stereocenters. The van der Waals surface area contributed by atoms with Gasteiger partial charge in [0.1, 0.15) is 0 Å². The lowest BCUT2D eigenvalue weighted by Gasteiger charge is -2.32. The van der Waals surface area contributed by atoms with E-state index in [0.717, 1.165) is 31.2 Å². The highest BCUT2D eigenvalue weighted by molar-refractivity contribution is 6.18. The first-order valence-electron chi connectivity index (χ1n) is 5.95. The van der Waals surface area contributed by atoms with Crippen molar-refractivity contribution in [2.24, 2.45) is 5.92 Å². The Hall–Kier alpha value is 0.250. The van der Waals surface area contributed by atoms with Gasteiger partial charge in [-0.25, -0.2) is 0 Å². The highest BCUT2D eigenvalue weighted by Gasteiger charge is 2.24. The second-order valence-electron chi connectivity index (χ2n) is 4.40. The van der Waals surface area contributed by atoms with Gasteiger partial charge in [-0.3, -0.25) is 0 Å². The quantitative estimate of drug-likeness (QED) is 0.613. The molecule has 0 radical (unpaired) electrons. The third kappa shape index (κ3) is 4.65. The zero-order valence-corrected chi connectivity index (χ0v) is 11.0. The summed E-state index contributed by atoms with van der Waals surface area (Å²) >= 11 is 6.02. The van der Waals surface area contributed by atoms with E-state index in [0.29, 0.717) is 0 Å². The monoisotopic (exact) mass is 219 g/mol. The molecule has 0 aliphatic heterocycles. The van der Waals surface area contributed by atoms with E-state index in [1.165, 1.54) is 12.8 Å². The molecule has 0 heterocycles. The molecule has 0 aliphatic rings. The summed E-state index contributed by atoms with van der Waals surface area (Å²) in [6.45, 7) is 10.1. The van der Waals surface area contributed by atoms with Crippen molar-refractivity contribution in [3.8, 4) is 0 Å². The molecule has 0 saturated heterocycles. The van der Waals surface area contributed by atoms with Crippen LogP contribution in [0.2, 0.25) is 0 Å².